The molecule has 0 bridgehead atoms. The third-order valence-corrected chi connectivity index (χ3v) is 6.89. The standard InChI is InChI=1S/C24H23N3O5S2/c1-30-16-6-4-5-15(11-16)13-27-23(29)22-19(9-10-33-22)26-24(27)34-14-21(28)25-18-8-7-17(31-2)12-20(18)32-3/h4-12H,13-14H2,1-3H3,(H,25,28). The highest BCUT2D eigenvalue weighted by molar-refractivity contribution is 7.99. The van der Waals surface area contributed by atoms with Gasteiger partial charge in [0.05, 0.1) is 44.8 Å². The Balaban J connectivity index is 1.57. The molecule has 10 heteroatoms. The molecule has 0 radical (unpaired) electrons. The Bertz CT molecular complexity index is 1380. The Morgan fingerprint density at radius 3 is 2.62 bits per heavy atom. The predicted octanol–water partition coefficient (Wildman–Crippen LogP) is 4.26. The monoisotopic (exact) mass is 497 g/mol. The fraction of sp³-hybridized carbons (Fsp3) is 0.208. The van der Waals surface area contributed by atoms with E-state index in [1.165, 1.54) is 30.2 Å². The molecule has 0 fully saturated rings. The van der Waals surface area contributed by atoms with Gasteiger partial charge in [-0.3, -0.25) is 14.2 Å². The molecule has 1 amide bonds. The summed E-state index contributed by atoms with van der Waals surface area (Å²) >= 11 is 2.56. The molecule has 0 aliphatic rings. The second-order valence-electron chi connectivity index (χ2n) is 7.18. The summed E-state index contributed by atoms with van der Waals surface area (Å²) in [6, 6.07) is 14.5. The minimum absolute atomic E-state index is 0.0649. The fourth-order valence-corrected chi connectivity index (χ4v) is 4.92. The van der Waals surface area contributed by atoms with Crippen molar-refractivity contribution >= 4 is 44.9 Å². The molecule has 0 saturated heterocycles. The average Bonchev–Trinajstić information content (AvgIpc) is 3.34. The normalized spacial score (nSPS) is 10.8. The van der Waals surface area contributed by atoms with Gasteiger partial charge in [0, 0.05) is 6.07 Å². The van der Waals surface area contributed by atoms with Crippen molar-refractivity contribution < 1.29 is 19.0 Å². The lowest BCUT2D eigenvalue weighted by Crippen LogP contribution is -2.24. The van der Waals surface area contributed by atoms with Crippen molar-refractivity contribution in [3.63, 3.8) is 0 Å². The van der Waals surface area contributed by atoms with Gasteiger partial charge in [-0.15, -0.1) is 11.3 Å². The lowest BCUT2D eigenvalue weighted by atomic mass is 10.2. The Hall–Kier alpha value is -3.50. The van der Waals surface area contributed by atoms with Gasteiger partial charge in [0.2, 0.25) is 5.91 Å². The van der Waals surface area contributed by atoms with Crippen LogP contribution in [0.5, 0.6) is 17.2 Å². The van der Waals surface area contributed by atoms with Crippen LogP contribution in [0.3, 0.4) is 0 Å². The maximum absolute atomic E-state index is 13.2. The van der Waals surface area contributed by atoms with Gasteiger partial charge in [-0.25, -0.2) is 4.98 Å². The molecule has 8 nitrogen and oxygen atoms in total. The predicted molar refractivity (Wildman–Crippen MR) is 135 cm³/mol. The number of hydrogen-bond donors (Lipinski definition) is 1. The summed E-state index contributed by atoms with van der Waals surface area (Å²) in [4.78, 5) is 30.6. The van der Waals surface area contributed by atoms with Crippen molar-refractivity contribution in [2.75, 3.05) is 32.4 Å². The number of benzene rings is 2. The molecule has 1 N–H and O–H groups in total. The summed E-state index contributed by atoms with van der Waals surface area (Å²) in [5.74, 6) is 1.64. The van der Waals surface area contributed by atoms with Crippen LogP contribution in [-0.4, -0.2) is 42.5 Å². The molecular weight excluding hydrogens is 474 g/mol. The van der Waals surface area contributed by atoms with Gasteiger partial charge in [0.25, 0.3) is 5.56 Å². The number of ether oxygens (including phenoxy) is 3. The quantitative estimate of drug-likeness (QED) is 0.273. The average molecular weight is 498 g/mol. The number of carbonyl (C=O) groups excluding carboxylic acids is 1. The van der Waals surface area contributed by atoms with Crippen molar-refractivity contribution in [3.05, 3.63) is 69.8 Å². The molecule has 0 aliphatic heterocycles. The van der Waals surface area contributed by atoms with Gasteiger partial charge in [0.1, 0.15) is 21.9 Å². The highest BCUT2D eigenvalue weighted by Gasteiger charge is 2.16. The number of rotatable bonds is 9. The number of nitrogens with zero attached hydrogens (tertiary/aromatic N) is 2. The molecule has 4 rings (SSSR count). The Kier molecular flexibility index (Phi) is 7.39. The van der Waals surface area contributed by atoms with Gasteiger partial charge >= 0.3 is 0 Å². The first-order valence-corrected chi connectivity index (χ1v) is 12.1. The van der Waals surface area contributed by atoms with E-state index in [9.17, 15) is 9.59 Å². The fourth-order valence-electron chi connectivity index (χ4n) is 3.34. The Labute approximate surface area is 204 Å². The molecule has 176 valence electrons. The first kappa shape index (κ1) is 23.7. The first-order chi connectivity index (χ1) is 16.5. The lowest BCUT2D eigenvalue weighted by Gasteiger charge is -2.14. The smallest absolute Gasteiger partial charge is 0.272 e. The highest BCUT2D eigenvalue weighted by atomic mass is 32.2. The third-order valence-electron chi connectivity index (χ3n) is 5.02. The zero-order chi connectivity index (χ0) is 24.1. The number of anilines is 1. The van der Waals surface area contributed by atoms with E-state index < -0.39 is 0 Å². The van der Waals surface area contributed by atoms with E-state index >= 15 is 0 Å². The number of aromatic nitrogens is 2. The van der Waals surface area contributed by atoms with Crippen LogP contribution in [0.15, 0.2) is 63.9 Å². The highest BCUT2D eigenvalue weighted by Crippen LogP contribution is 2.29. The number of nitrogens with one attached hydrogen (secondary N) is 1. The summed E-state index contributed by atoms with van der Waals surface area (Å²) < 4.78 is 18.0. The van der Waals surface area contributed by atoms with Crippen LogP contribution in [0, 0.1) is 0 Å². The summed E-state index contributed by atoms with van der Waals surface area (Å²) in [5, 5.41) is 5.15. The minimum Gasteiger partial charge on any atom is -0.497 e. The van der Waals surface area contributed by atoms with Crippen LogP contribution < -0.4 is 25.1 Å². The van der Waals surface area contributed by atoms with Crippen LogP contribution in [0.4, 0.5) is 5.69 Å². The van der Waals surface area contributed by atoms with Gasteiger partial charge in [0.15, 0.2) is 5.16 Å². The van der Waals surface area contributed by atoms with Gasteiger partial charge in [-0.1, -0.05) is 23.9 Å². The van der Waals surface area contributed by atoms with Crippen molar-refractivity contribution in [1.82, 2.24) is 9.55 Å². The molecule has 2 aromatic carbocycles. The van der Waals surface area contributed by atoms with E-state index in [1.54, 1.807) is 37.0 Å². The number of methoxy groups -OCH3 is 3. The molecule has 2 aromatic heterocycles. The van der Waals surface area contributed by atoms with Gasteiger partial charge in [-0.05, 0) is 41.3 Å². The second-order valence-corrected chi connectivity index (χ2v) is 9.03. The topological polar surface area (TPSA) is 91.7 Å². The maximum atomic E-state index is 13.2. The molecule has 0 spiro atoms. The van der Waals surface area contributed by atoms with E-state index in [1.807, 2.05) is 35.7 Å². The van der Waals surface area contributed by atoms with Crippen molar-refractivity contribution in [2.45, 2.75) is 11.7 Å². The van der Waals surface area contributed by atoms with E-state index in [-0.39, 0.29) is 17.2 Å². The maximum Gasteiger partial charge on any atom is 0.272 e. The Morgan fingerprint density at radius 1 is 1.06 bits per heavy atom. The second kappa shape index (κ2) is 10.6. The number of thiophene rings is 1. The van der Waals surface area contributed by atoms with E-state index in [4.69, 9.17) is 14.2 Å². The lowest BCUT2D eigenvalue weighted by molar-refractivity contribution is -0.113. The van der Waals surface area contributed by atoms with Crippen LogP contribution >= 0.6 is 23.1 Å². The van der Waals surface area contributed by atoms with Gasteiger partial charge in [-0.2, -0.15) is 0 Å². The first-order valence-electron chi connectivity index (χ1n) is 10.3. The molecule has 0 saturated carbocycles. The zero-order valence-corrected chi connectivity index (χ0v) is 20.5. The van der Waals surface area contributed by atoms with Crippen molar-refractivity contribution in [2.24, 2.45) is 0 Å². The Morgan fingerprint density at radius 2 is 1.85 bits per heavy atom. The molecule has 2 heterocycles. The number of amides is 1. The molecular formula is C24H23N3O5S2. The third kappa shape index (κ3) is 5.18. The molecule has 0 unspecified atom stereocenters. The summed E-state index contributed by atoms with van der Waals surface area (Å²) in [7, 11) is 4.69. The van der Waals surface area contributed by atoms with Crippen LogP contribution in [0.1, 0.15) is 5.56 Å². The molecule has 0 atom stereocenters. The number of hydrogen-bond acceptors (Lipinski definition) is 8. The SMILES string of the molecule is COc1cccc(Cn2c(SCC(=O)Nc3ccc(OC)cc3OC)nc3ccsc3c2=O)c1. The van der Waals surface area contributed by atoms with E-state index in [0.29, 0.717) is 44.9 Å². The van der Waals surface area contributed by atoms with Crippen LogP contribution in [0.2, 0.25) is 0 Å². The number of thioether (sulfide) groups is 1. The van der Waals surface area contributed by atoms with Gasteiger partial charge < -0.3 is 19.5 Å². The molecule has 4 aromatic rings. The minimum atomic E-state index is -0.249. The van der Waals surface area contributed by atoms with Crippen molar-refractivity contribution in [1.29, 1.82) is 0 Å². The largest absolute Gasteiger partial charge is 0.497 e. The summed E-state index contributed by atoms with van der Waals surface area (Å²) in [5.41, 5.74) is 1.91. The van der Waals surface area contributed by atoms with Crippen LogP contribution in [-0.2, 0) is 11.3 Å². The van der Waals surface area contributed by atoms with Crippen molar-refractivity contribution in [3.8, 4) is 17.2 Å². The molecule has 34 heavy (non-hydrogen) atoms. The molecule has 0 aliphatic carbocycles. The summed E-state index contributed by atoms with van der Waals surface area (Å²) in [6.07, 6.45) is 0. The zero-order valence-electron chi connectivity index (χ0n) is 18.9. The van der Waals surface area contributed by atoms with Crippen LogP contribution in [0.25, 0.3) is 10.2 Å². The van der Waals surface area contributed by atoms with E-state index in [0.717, 1.165) is 5.56 Å². The van der Waals surface area contributed by atoms with E-state index in [2.05, 4.69) is 10.3 Å². The summed E-state index contributed by atoms with van der Waals surface area (Å²) in [6.45, 7) is 0.313. The number of fused-ring (bicyclic) bond motifs is 1. The number of carbonyl (C=O) groups is 1.